The van der Waals surface area contributed by atoms with Gasteiger partial charge >= 0.3 is 0 Å². The van der Waals surface area contributed by atoms with Crippen LogP contribution in [0.15, 0.2) is 85.3 Å². The molecule has 0 unspecified atom stereocenters. The minimum Gasteiger partial charge on any atom is -0.348 e. The van der Waals surface area contributed by atoms with Gasteiger partial charge in [-0.1, -0.05) is 54.6 Å². The lowest BCUT2D eigenvalue weighted by atomic mass is 10.0. The van der Waals surface area contributed by atoms with Crippen LogP contribution in [-0.2, 0) is 6.54 Å². The number of hydrogen-bond donors (Lipinski definition) is 1. The molecule has 0 fully saturated rings. The van der Waals surface area contributed by atoms with Gasteiger partial charge in [-0.05, 0) is 28.8 Å². The normalized spacial score (nSPS) is 10.3. The predicted octanol–water partition coefficient (Wildman–Crippen LogP) is 3.74. The molecule has 6 nitrogen and oxygen atoms in total. The Balaban J connectivity index is 1.38. The van der Waals surface area contributed by atoms with E-state index in [9.17, 15) is 4.79 Å². The van der Waals surface area contributed by atoms with Crippen molar-refractivity contribution in [3.8, 4) is 23.0 Å². The molecule has 0 atom stereocenters. The SMILES string of the molecule is N#Cc1ccc(-n2cc(C(=O)NCc3ccc(-c4ccccc4)cc3)cn2)nc1. The van der Waals surface area contributed by atoms with Gasteiger partial charge < -0.3 is 5.32 Å². The Bertz CT molecular complexity index is 1160. The number of aromatic nitrogens is 3. The fraction of sp³-hybridized carbons (Fsp3) is 0.0435. The molecule has 2 aromatic heterocycles. The monoisotopic (exact) mass is 379 g/mol. The first kappa shape index (κ1) is 18.1. The van der Waals surface area contributed by atoms with Gasteiger partial charge in [0.15, 0.2) is 5.82 Å². The summed E-state index contributed by atoms with van der Waals surface area (Å²) in [5.74, 6) is 0.330. The highest BCUT2D eigenvalue weighted by atomic mass is 16.1. The lowest BCUT2D eigenvalue weighted by molar-refractivity contribution is 0.0951. The summed E-state index contributed by atoms with van der Waals surface area (Å²) in [6.07, 6.45) is 4.58. The molecule has 0 saturated carbocycles. The van der Waals surface area contributed by atoms with Gasteiger partial charge in [-0.25, -0.2) is 9.67 Å². The van der Waals surface area contributed by atoms with Gasteiger partial charge in [-0.2, -0.15) is 10.4 Å². The molecule has 6 heteroatoms. The second-order valence-corrected chi connectivity index (χ2v) is 6.44. The zero-order valence-electron chi connectivity index (χ0n) is 15.5. The Morgan fingerprint density at radius 2 is 1.72 bits per heavy atom. The summed E-state index contributed by atoms with van der Waals surface area (Å²) in [5, 5.41) is 15.9. The molecule has 0 bridgehead atoms. The average molecular weight is 379 g/mol. The highest BCUT2D eigenvalue weighted by Crippen LogP contribution is 2.19. The summed E-state index contributed by atoms with van der Waals surface area (Å²) in [4.78, 5) is 16.6. The largest absolute Gasteiger partial charge is 0.348 e. The molecule has 0 saturated heterocycles. The van der Waals surface area contributed by atoms with Crippen molar-refractivity contribution < 1.29 is 4.79 Å². The molecule has 140 valence electrons. The first-order valence-electron chi connectivity index (χ1n) is 9.07. The number of amides is 1. The third-order valence-electron chi connectivity index (χ3n) is 4.47. The number of pyridine rings is 1. The van der Waals surface area contributed by atoms with Gasteiger partial charge in [-0.15, -0.1) is 0 Å². The van der Waals surface area contributed by atoms with Crippen molar-refractivity contribution in [1.82, 2.24) is 20.1 Å². The van der Waals surface area contributed by atoms with Crippen molar-refractivity contribution in [3.63, 3.8) is 0 Å². The third-order valence-corrected chi connectivity index (χ3v) is 4.47. The molecule has 29 heavy (non-hydrogen) atoms. The predicted molar refractivity (Wildman–Crippen MR) is 109 cm³/mol. The number of benzene rings is 2. The molecule has 0 spiro atoms. The quantitative estimate of drug-likeness (QED) is 0.573. The molecule has 4 aromatic rings. The van der Waals surface area contributed by atoms with Crippen LogP contribution in [0.25, 0.3) is 16.9 Å². The molecule has 0 aliphatic rings. The highest BCUT2D eigenvalue weighted by Gasteiger charge is 2.10. The minimum atomic E-state index is -0.211. The van der Waals surface area contributed by atoms with E-state index < -0.39 is 0 Å². The van der Waals surface area contributed by atoms with Crippen LogP contribution in [0.4, 0.5) is 0 Å². The first-order chi connectivity index (χ1) is 14.2. The van der Waals surface area contributed by atoms with Crippen LogP contribution < -0.4 is 5.32 Å². The van der Waals surface area contributed by atoms with E-state index in [-0.39, 0.29) is 5.91 Å². The van der Waals surface area contributed by atoms with E-state index >= 15 is 0 Å². The Labute approximate surface area is 168 Å². The maximum absolute atomic E-state index is 12.4. The average Bonchev–Trinajstić information content (AvgIpc) is 3.29. The molecule has 1 N–H and O–H groups in total. The van der Waals surface area contributed by atoms with Crippen LogP contribution in [0.2, 0.25) is 0 Å². The summed E-state index contributed by atoms with van der Waals surface area (Å²) in [6.45, 7) is 0.425. The van der Waals surface area contributed by atoms with Crippen LogP contribution in [0.1, 0.15) is 21.5 Å². The summed E-state index contributed by atoms with van der Waals surface area (Å²) >= 11 is 0. The topological polar surface area (TPSA) is 83.6 Å². The Morgan fingerprint density at radius 1 is 0.966 bits per heavy atom. The number of carbonyl (C=O) groups is 1. The molecule has 0 aliphatic carbocycles. The molecular formula is C23H17N5O. The number of nitrogens with one attached hydrogen (secondary N) is 1. The summed E-state index contributed by atoms with van der Waals surface area (Å²) in [7, 11) is 0. The Morgan fingerprint density at radius 3 is 2.41 bits per heavy atom. The number of nitriles is 1. The van der Waals surface area contributed by atoms with E-state index in [1.807, 2.05) is 48.5 Å². The van der Waals surface area contributed by atoms with Crippen LogP contribution in [-0.4, -0.2) is 20.7 Å². The number of rotatable bonds is 5. The fourth-order valence-corrected chi connectivity index (χ4v) is 2.88. The van der Waals surface area contributed by atoms with Gasteiger partial charge in [0.2, 0.25) is 0 Å². The lowest BCUT2D eigenvalue weighted by Crippen LogP contribution is -2.22. The maximum atomic E-state index is 12.4. The fourth-order valence-electron chi connectivity index (χ4n) is 2.88. The van der Waals surface area contributed by atoms with Crippen LogP contribution in [0.3, 0.4) is 0 Å². The Hall–Kier alpha value is -4.24. The smallest absolute Gasteiger partial charge is 0.254 e. The molecule has 2 heterocycles. The van der Waals surface area contributed by atoms with E-state index in [4.69, 9.17) is 5.26 Å². The molecule has 0 aliphatic heterocycles. The second-order valence-electron chi connectivity index (χ2n) is 6.44. The van der Waals surface area contributed by atoms with E-state index in [1.165, 1.54) is 17.1 Å². The summed E-state index contributed by atoms with van der Waals surface area (Å²) in [6, 6.07) is 23.6. The van der Waals surface area contributed by atoms with Crippen molar-refractivity contribution in [2.45, 2.75) is 6.54 Å². The van der Waals surface area contributed by atoms with E-state index in [1.54, 1.807) is 18.3 Å². The van der Waals surface area contributed by atoms with Crippen molar-refractivity contribution in [3.05, 3.63) is 102 Å². The number of hydrogen-bond acceptors (Lipinski definition) is 4. The first-order valence-corrected chi connectivity index (χ1v) is 9.07. The van der Waals surface area contributed by atoms with E-state index in [0.29, 0.717) is 23.5 Å². The van der Waals surface area contributed by atoms with Crippen molar-refractivity contribution in [2.75, 3.05) is 0 Å². The molecule has 4 rings (SSSR count). The van der Waals surface area contributed by atoms with Crippen molar-refractivity contribution >= 4 is 5.91 Å². The van der Waals surface area contributed by atoms with Gasteiger partial charge in [0.1, 0.15) is 6.07 Å². The van der Waals surface area contributed by atoms with Gasteiger partial charge in [0.25, 0.3) is 5.91 Å². The van der Waals surface area contributed by atoms with Crippen molar-refractivity contribution in [1.29, 1.82) is 5.26 Å². The standard InChI is InChI=1S/C23H17N5O/c24-12-18-8-11-22(25-14-18)28-16-21(15-27-28)23(29)26-13-17-6-9-20(10-7-17)19-4-2-1-3-5-19/h1-11,14-16H,13H2,(H,26,29). The highest BCUT2D eigenvalue weighted by molar-refractivity contribution is 5.93. The summed E-state index contributed by atoms with van der Waals surface area (Å²) in [5.41, 5.74) is 4.22. The number of nitrogens with zero attached hydrogens (tertiary/aromatic N) is 4. The van der Waals surface area contributed by atoms with Gasteiger partial charge in [0, 0.05) is 18.9 Å². The van der Waals surface area contributed by atoms with E-state index in [2.05, 4.69) is 27.5 Å². The van der Waals surface area contributed by atoms with E-state index in [0.717, 1.165) is 16.7 Å². The second kappa shape index (κ2) is 8.19. The lowest BCUT2D eigenvalue weighted by Gasteiger charge is -2.06. The van der Waals surface area contributed by atoms with Gasteiger partial charge in [0.05, 0.1) is 17.3 Å². The molecule has 0 radical (unpaired) electrons. The molecule has 2 aromatic carbocycles. The maximum Gasteiger partial charge on any atom is 0.254 e. The zero-order valence-corrected chi connectivity index (χ0v) is 15.5. The minimum absolute atomic E-state index is 0.211. The summed E-state index contributed by atoms with van der Waals surface area (Å²) < 4.78 is 1.50. The van der Waals surface area contributed by atoms with Crippen LogP contribution in [0, 0.1) is 11.3 Å². The van der Waals surface area contributed by atoms with Crippen LogP contribution >= 0.6 is 0 Å². The van der Waals surface area contributed by atoms with Crippen molar-refractivity contribution in [2.24, 2.45) is 0 Å². The Kier molecular flexibility index (Phi) is 5.12. The molecular weight excluding hydrogens is 362 g/mol. The van der Waals surface area contributed by atoms with Gasteiger partial charge in [-0.3, -0.25) is 4.79 Å². The van der Waals surface area contributed by atoms with Crippen LogP contribution in [0.5, 0.6) is 0 Å². The molecule has 1 amide bonds. The number of carbonyl (C=O) groups excluding carboxylic acids is 1. The third kappa shape index (κ3) is 4.20. The zero-order chi connectivity index (χ0) is 20.1.